The molecule has 0 spiro atoms. The molecule has 142 valence electrons. The number of hydrogen-bond acceptors (Lipinski definition) is 6. The number of nitrogens with zero attached hydrogens (tertiary/aromatic N) is 7. The van der Waals surface area contributed by atoms with Gasteiger partial charge in [-0.1, -0.05) is 5.21 Å². The monoisotopic (exact) mass is 373 g/mol. The van der Waals surface area contributed by atoms with E-state index in [2.05, 4.69) is 20.3 Å². The summed E-state index contributed by atoms with van der Waals surface area (Å²) in [6.07, 6.45) is 5.45. The smallest absolute Gasteiger partial charge is 0.276 e. The molecule has 0 aliphatic carbocycles. The average Bonchev–Trinajstić information content (AvgIpc) is 3.43. The fraction of sp³-hybridized carbons (Fsp3) is 0.529. The Hall–Kier alpha value is -2.91. The molecule has 27 heavy (non-hydrogen) atoms. The summed E-state index contributed by atoms with van der Waals surface area (Å²) in [6.45, 7) is 1.76. The number of amides is 2. The van der Waals surface area contributed by atoms with Crippen molar-refractivity contribution in [3.8, 4) is 0 Å². The molecular weight excluding hydrogens is 353 g/mol. The van der Waals surface area contributed by atoms with Gasteiger partial charge in [-0.2, -0.15) is 0 Å². The Bertz CT molecular complexity index is 822. The van der Waals surface area contributed by atoms with Crippen molar-refractivity contribution in [3.05, 3.63) is 36.2 Å². The Morgan fingerprint density at radius 1 is 1.19 bits per heavy atom. The average molecular weight is 373 g/mol. The minimum absolute atomic E-state index is 0.0156. The van der Waals surface area contributed by atoms with Crippen molar-refractivity contribution < 1.29 is 14.0 Å². The third-order valence-electron chi connectivity index (χ3n) is 4.97. The molecule has 2 aliphatic rings. The lowest BCUT2D eigenvalue weighted by Crippen LogP contribution is -2.38. The quantitative estimate of drug-likeness (QED) is 0.777. The van der Waals surface area contributed by atoms with Crippen LogP contribution in [0.4, 0.5) is 4.39 Å². The Morgan fingerprint density at radius 2 is 2.00 bits per heavy atom. The van der Waals surface area contributed by atoms with E-state index in [0.29, 0.717) is 0 Å². The van der Waals surface area contributed by atoms with Gasteiger partial charge >= 0.3 is 0 Å². The van der Waals surface area contributed by atoms with Crippen LogP contribution in [0.25, 0.3) is 0 Å². The molecule has 0 aromatic carbocycles. The first-order valence-electron chi connectivity index (χ1n) is 9.02. The van der Waals surface area contributed by atoms with Gasteiger partial charge in [-0.3, -0.25) is 9.59 Å². The highest BCUT2D eigenvalue weighted by molar-refractivity contribution is 5.93. The van der Waals surface area contributed by atoms with Gasteiger partial charge in [0.1, 0.15) is 18.2 Å². The molecule has 9 nitrogen and oxygen atoms in total. The molecule has 4 heterocycles. The summed E-state index contributed by atoms with van der Waals surface area (Å²) in [6, 6.07) is 1.13. The predicted molar refractivity (Wildman–Crippen MR) is 91.5 cm³/mol. The van der Waals surface area contributed by atoms with Crippen molar-refractivity contribution in [2.45, 2.75) is 38.0 Å². The Labute approximate surface area is 155 Å². The number of alkyl halides is 1. The van der Waals surface area contributed by atoms with Crippen molar-refractivity contribution in [1.29, 1.82) is 0 Å². The lowest BCUT2D eigenvalue weighted by molar-refractivity contribution is 0.0707. The van der Waals surface area contributed by atoms with E-state index in [1.807, 2.05) is 0 Å². The Kier molecular flexibility index (Phi) is 4.78. The van der Waals surface area contributed by atoms with E-state index in [-0.39, 0.29) is 48.8 Å². The molecule has 0 unspecified atom stereocenters. The first-order valence-corrected chi connectivity index (χ1v) is 9.02. The van der Waals surface area contributed by atoms with Gasteiger partial charge < -0.3 is 9.80 Å². The molecular formula is C17H20FN7O2. The largest absolute Gasteiger partial charge is 0.337 e. The number of likely N-dealkylation sites (tertiary alicyclic amines) is 2. The van der Waals surface area contributed by atoms with E-state index in [9.17, 15) is 14.0 Å². The summed E-state index contributed by atoms with van der Waals surface area (Å²) in [4.78, 5) is 36.0. The summed E-state index contributed by atoms with van der Waals surface area (Å²) < 4.78 is 15.5. The van der Waals surface area contributed by atoms with E-state index in [1.165, 1.54) is 28.2 Å². The molecule has 2 aromatic rings. The zero-order chi connectivity index (χ0) is 18.8. The fourth-order valence-corrected chi connectivity index (χ4v) is 3.63. The standard InChI is InChI=1S/C17H20FN7O2/c18-12-7-13(25(8-12)17(27)14-3-4-19-11-20-14)9-24-10-15(21-22-24)16(26)23-5-1-2-6-23/h3-4,10-13H,1-2,5-9H2/t12-,13-/m0/s1. The molecule has 4 rings (SSSR count). The topological polar surface area (TPSA) is 97.1 Å². The maximum absolute atomic E-state index is 14.0. The predicted octanol–water partition coefficient (Wildman–Crippen LogP) is 0.557. The van der Waals surface area contributed by atoms with Crippen LogP contribution in [0.3, 0.4) is 0 Å². The van der Waals surface area contributed by atoms with E-state index in [4.69, 9.17) is 0 Å². The molecule has 0 N–H and O–H groups in total. The number of carbonyl (C=O) groups excluding carboxylic acids is 2. The van der Waals surface area contributed by atoms with Crippen LogP contribution >= 0.6 is 0 Å². The summed E-state index contributed by atoms with van der Waals surface area (Å²) in [5, 5.41) is 7.95. The van der Waals surface area contributed by atoms with Crippen LogP contribution < -0.4 is 0 Å². The van der Waals surface area contributed by atoms with Crippen LogP contribution in [0, 0.1) is 0 Å². The van der Waals surface area contributed by atoms with Gasteiger partial charge in [0.15, 0.2) is 5.69 Å². The molecule has 2 amide bonds. The van der Waals surface area contributed by atoms with Gasteiger partial charge in [0.25, 0.3) is 11.8 Å². The van der Waals surface area contributed by atoms with Gasteiger partial charge in [-0.15, -0.1) is 5.10 Å². The van der Waals surface area contributed by atoms with Crippen molar-refractivity contribution in [1.82, 2.24) is 34.8 Å². The lowest BCUT2D eigenvalue weighted by Gasteiger charge is -2.23. The second-order valence-electron chi connectivity index (χ2n) is 6.86. The maximum atomic E-state index is 14.0. The lowest BCUT2D eigenvalue weighted by atomic mass is 10.2. The van der Waals surface area contributed by atoms with E-state index in [0.717, 1.165) is 25.9 Å². The number of hydrogen-bond donors (Lipinski definition) is 0. The van der Waals surface area contributed by atoms with Crippen molar-refractivity contribution >= 4 is 11.8 Å². The molecule has 2 atom stereocenters. The van der Waals surface area contributed by atoms with E-state index >= 15 is 0 Å². The van der Waals surface area contributed by atoms with Crippen LogP contribution in [0.15, 0.2) is 24.8 Å². The summed E-state index contributed by atoms with van der Waals surface area (Å²) in [7, 11) is 0. The second kappa shape index (κ2) is 7.37. The highest BCUT2D eigenvalue weighted by atomic mass is 19.1. The highest BCUT2D eigenvalue weighted by Crippen LogP contribution is 2.23. The van der Waals surface area contributed by atoms with Gasteiger partial charge in [0.2, 0.25) is 0 Å². The molecule has 0 radical (unpaired) electrons. The molecule has 2 aliphatic heterocycles. The minimum Gasteiger partial charge on any atom is -0.337 e. The Balaban J connectivity index is 1.46. The fourth-order valence-electron chi connectivity index (χ4n) is 3.63. The highest BCUT2D eigenvalue weighted by Gasteiger charge is 2.36. The van der Waals surface area contributed by atoms with Gasteiger partial charge in [0, 0.05) is 25.7 Å². The van der Waals surface area contributed by atoms with Crippen LogP contribution in [-0.4, -0.2) is 78.4 Å². The summed E-state index contributed by atoms with van der Waals surface area (Å²) in [5.74, 6) is -0.474. The number of aromatic nitrogens is 5. The van der Waals surface area contributed by atoms with Gasteiger partial charge in [-0.05, 0) is 18.9 Å². The molecule has 2 saturated heterocycles. The maximum Gasteiger partial charge on any atom is 0.276 e. The normalized spacial score (nSPS) is 22.4. The number of rotatable bonds is 4. The van der Waals surface area contributed by atoms with Crippen molar-refractivity contribution in [2.75, 3.05) is 19.6 Å². The molecule has 10 heteroatoms. The molecule has 0 bridgehead atoms. The third-order valence-corrected chi connectivity index (χ3v) is 4.97. The summed E-state index contributed by atoms with van der Waals surface area (Å²) >= 11 is 0. The zero-order valence-electron chi connectivity index (χ0n) is 14.7. The van der Waals surface area contributed by atoms with Crippen LogP contribution in [0.1, 0.15) is 40.2 Å². The molecule has 2 aromatic heterocycles. The van der Waals surface area contributed by atoms with Crippen LogP contribution in [0.2, 0.25) is 0 Å². The minimum atomic E-state index is -1.10. The molecule has 2 fully saturated rings. The van der Waals surface area contributed by atoms with E-state index < -0.39 is 6.17 Å². The van der Waals surface area contributed by atoms with Crippen molar-refractivity contribution in [2.24, 2.45) is 0 Å². The first-order chi connectivity index (χ1) is 13.1. The van der Waals surface area contributed by atoms with E-state index in [1.54, 1.807) is 11.1 Å². The van der Waals surface area contributed by atoms with Gasteiger partial charge in [-0.25, -0.2) is 19.0 Å². The SMILES string of the molecule is O=C(c1cn(C[C@@H]2C[C@H](F)CN2C(=O)c2ccncn2)nn1)N1CCCC1. The van der Waals surface area contributed by atoms with Crippen molar-refractivity contribution in [3.63, 3.8) is 0 Å². The molecule has 0 saturated carbocycles. The van der Waals surface area contributed by atoms with Crippen LogP contribution in [0.5, 0.6) is 0 Å². The van der Waals surface area contributed by atoms with Gasteiger partial charge in [0.05, 0.1) is 25.3 Å². The Morgan fingerprint density at radius 3 is 2.74 bits per heavy atom. The third kappa shape index (κ3) is 3.64. The summed E-state index contributed by atoms with van der Waals surface area (Å²) in [5.41, 5.74) is 0.507. The number of carbonyl (C=O) groups is 2. The second-order valence-corrected chi connectivity index (χ2v) is 6.86. The van der Waals surface area contributed by atoms with Crippen LogP contribution in [-0.2, 0) is 6.54 Å². The zero-order valence-corrected chi connectivity index (χ0v) is 14.7. The number of halogens is 1. The first kappa shape index (κ1) is 17.5.